The van der Waals surface area contributed by atoms with Crippen LogP contribution in [0.2, 0.25) is 0 Å². The molecule has 1 rings (SSSR count). The molecule has 0 atom stereocenters. The van der Waals surface area contributed by atoms with Crippen molar-refractivity contribution in [2.45, 2.75) is 32.7 Å². The lowest BCUT2D eigenvalue weighted by Crippen LogP contribution is -2.37. The van der Waals surface area contributed by atoms with Crippen LogP contribution in [0.15, 0.2) is 22.7 Å². The Hall–Kier alpha value is -0.940. The molecule has 18 heavy (non-hydrogen) atoms. The van der Waals surface area contributed by atoms with E-state index in [-0.39, 0.29) is 17.3 Å². The van der Waals surface area contributed by atoms with E-state index >= 15 is 0 Å². The van der Waals surface area contributed by atoms with Crippen LogP contribution in [0.25, 0.3) is 0 Å². The van der Waals surface area contributed by atoms with Gasteiger partial charge < -0.3 is 10.6 Å². The average molecular weight is 317 g/mol. The molecule has 0 aliphatic rings. The molecule has 0 spiro atoms. The molecule has 0 aliphatic heterocycles. The summed E-state index contributed by atoms with van der Waals surface area (Å²) in [6.45, 7) is 6.74. The third-order valence-corrected chi connectivity index (χ3v) is 2.82. The molecule has 1 aromatic carbocycles. The molecule has 0 saturated heterocycles. The second-order valence-corrected chi connectivity index (χ2v) is 5.96. The summed E-state index contributed by atoms with van der Waals surface area (Å²) < 4.78 is 13.3. The maximum Gasteiger partial charge on any atom is 0.225 e. The summed E-state index contributed by atoms with van der Waals surface area (Å²) in [5.41, 5.74) is 0.586. The second-order valence-electron chi connectivity index (χ2n) is 5.10. The number of amides is 1. The SMILES string of the molecule is CC(C)(C)NCCC(=O)Nc1ccc(F)c(Br)c1. The Balaban J connectivity index is 2.42. The molecule has 0 aliphatic carbocycles. The molecule has 100 valence electrons. The van der Waals surface area contributed by atoms with Crippen molar-refractivity contribution < 1.29 is 9.18 Å². The second kappa shape index (κ2) is 6.29. The quantitative estimate of drug-likeness (QED) is 0.894. The maximum absolute atomic E-state index is 13.0. The van der Waals surface area contributed by atoms with Crippen molar-refractivity contribution in [3.63, 3.8) is 0 Å². The molecule has 0 bridgehead atoms. The maximum atomic E-state index is 13.0. The topological polar surface area (TPSA) is 41.1 Å². The number of halogens is 2. The fourth-order valence-electron chi connectivity index (χ4n) is 1.35. The molecule has 3 nitrogen and oxygen atoms in total. The molecule has 0 heterocycles. The zero-order valence-corrected chi connectivity index (χ0v) is 12.4. The number of hydrogen-bond donors (Lipinski definition) is 2. The van der Waals surface area contributed by atoms with Gasteiger partial charge in [-0.05, 0) is 54.9 Å². The first kappa shape index (κ1) is 15.1. The van der Waals surface area contributed by atoms with Crippen LogP contribution in [0.1, 0.15) is 27.2 Å². The predicted molar refractivity (Wildman–Crippen MR) is 75.1 cm³/mol. The summed E-state index contributed by atoms with van der Waals surface area (Å²) in [6.07, 6.45) is 0.381. The first-order valence-corrected chi connectivity index (χ1v) is 6.57. The summed E-state index contributed by atoms with van der Waals surface area (Å²) >= 11 is 3.08. The Morgan fingerprint density at radius 1 is 1.39 bits per heavy atom. The average Bonchev–Trinajstić information content (AvgIpc) is 2.21. The van der Waals surface area contributed by atoms with E-state index in [2.05, 4.69) is 26.6 Å². The molecule has 0 saturated carbocycles. The Kier molecular flexibility index (Phi) is 5.28. The molecule has 0 unspecified atom stereocenters. The van der Waals surface area contributed by atoms with E-state index in [1.807, 2.05) is 20.8 Å². The summed E-state index contributed by atoms with van der Waals surface area (Å²) in [4.78, 5) is 11.6. The zero-order valence-electron chi connectivity index (χ0n) is 10.8. The Morgan fingerprint density at radius 3 is 2.61 bits per heavy atom. The largest absolute Gasteiger partial charge is 0.326 e. The van der Waals surface area contributed by atoms with Gasteiger partial charge in [-0.15, -0.1) is 0 Å². The van der Waals surface area contributed by atoms with E-state index in [4.69, 9.17) is 0 Å². The molecule has 5 heteroatoms. The van der Waals surface area contributed by atoms with Gasteiger partial charge in [-0.3, -0.25) is 4.79 Å². The fraction of sp³-hybridized carbons (Fsp3) is 0.462. The highest BCUT2D eigenvalue weighted by molar-refractivity contribution is 9.10. The molecule has 0 radical (unpaired) electrons. The highest BCUT2D eigenvalue weighted by atomic mass is 79.9. The molecule has 2 N–H and O–H groups in total. The minimum Gasteiger partial charge on any atom is -0.326 e. The lowest BCUT2D eigenvalue weighted by atomic mass is 10.1. The van der Waals surface area contributed by atoms with Gasteiger partial charge >= 0.3 is 0 Å². The number of nitrogens with one attached hydrogen (secondary N) is 2. The van der Waals surface area contributed by atoms with E-state index < -0.39 is 0 Å². The number of rotatable bonds is 4. The smallest absolute Gasteiger partial charge is 0.225 e. The van der Waals surface area contributed by atoms with Crippen LogP contribution in [0.4, 0.5) is 10.1 Å². The van der Waals surface area contributed by atoms with Crippen LogP contribution < -0.4 is 10.6 Å². The lowest BCUT2D eigenvalue weighted by Gasteiger charge is -2.20. The number of benzene rings is 1. The van der Waals surface area contributed by atoms with Gasteiger partial charge in [-0.1, -0.05) is 0 Å². The number of anilines is 1. The van der Waals surface area contributed by atoms with Gasteiger partial charge in [-0.25, -0.2) is 4.39 Å². The molecular weight excluding hydrogens is 299 g/mol. The van der Waals surface area contributed by atoms with Crippen molar-refractivity contribution in [3.8, 4) is 0 Å². The van der Waals surface area contributed by atoms with E-state index in [0.717, 1.165) is 0 Å². The number of carbonyl (C=O) groups excluding carboxylic acids is 1. The monoisotopic (exact) mass is 316 g/mol. The Bertz CT molecular complexity index is 429. The van der Waals surface area contributed by atoms with Crippen molar-refractivity contribution in [1.29, 1.82) is 0 Å². The summed E-state index contributed by atoms with van der Waals surface area (Å²) in [7, 11) is 0. The van der Waals surface area contributed by atoms with Crippen molar-refractivity contribution in [2.24, 2.45) is 0 Å². The minimum atomic E-state index is -0.345. The van der Waals surface area contributed by atoms with Crippen molar-refractivity contribution in [2.75, 3.05) is 11.9 Å². The van der Waals surface area contributed by atoms with Crippen LogP contribution >= 0.6 is 15.9 Å². The molecule has 0 fully saturated rings. The number of hydrogen-bond acceptors (Lipinski definition) is 2. The Morgan fingerprint density at radius 2 is 2.06 bits per heavy atom. The third-order valence-electron chi connectivity index (χ3n) is 2.21. The van der Waals surface area contributed by atoms with Crippen molar-refractivity contribution in [1.82, 2.24) is 5.32 Å². The van der Waals surface area contributed by atoms with Crippen LogP contribution in [0, 0.1) is 5.82 Å². The van der Waals surface area contributed by atoms with Crippen LogP contribution in [-0.4, -0.2) is 18.0 Å². The standard InChI is InChI=1S/C13H18BrFN2O/c1-13(2,3)16-7-6-12(18)17-9-4-5-11(15)10(14)8-9/h4-5,8,16H,6-7H2,1-3H3,(H,17,18). The highest BCUT2D eigenvalue weighted by Crippen LogP contribution is 2.19. The zero-order chi connectivity index (χ0) is 13.8. The molecule has 0 aromatic heterocycles. The van der Waals surface area contributed by atoms with E-state index in [1.54, 1.807) is 6.07 Å². The molecular formula is C13H18BrFN2O. The third kappa shape index (κ3) is 5.60. The van der Waals surface area contributed by atoms with E-state index in [1.165, 1.54) is 12.1 Å². The van der Waals surface area contributed by atoms with Crippen LogP contribution in [-0.2, 0) is 4.79 Å². The van der Waals surface area contributed by atoms with Crippen molar-refractivity contribution >= 4 is 27.5 Å². The normalized spacial score (nSPS) is 11.4. The molecule has 1 amide bonds. The summed E-state index contributed by atoms with van der Waals surface area (Å²) in [5, 5.41) is 5.95. The van der Waals surface area contributed by atoms with Crippen LogP contribution in [0.5, 0.6) is 0 Å². The lowest BCUT2D eigenvalue weighted by molar-refractivity contribution is -0.116. The van der Waals surface area contributed by atoms with Crippen molar-refractivity contribution in [3.05, 3.63) is 28.5 Å². The van der Waals surface area contributed by atoms with E-state index in [0.29, 0.717) is 23.1 Å². The van der Waals surface area contributed by atoms with Gasteiger partial charge in [0.25, 0.3) is 0 Å². The van der Waals surface area contributed by atoms with Gasteiger partial charge in [0.2, 0.25) is 5.91 Å². The van der Waals surface area contributed by atoms with Crippen LogP contribution in [0.3, 0.4) is 0 Å². The first-order chi connectivity index (χ1) is 8.28. The van der Waals surface area contributed by atoms with Gasteiger partial charge in [0.05, 0.1) is 4.47 Å². The van der Waals surface area contributed by atoms with Gasteiger partial charge in [0.1, 0.15) is 5.82 Å². The predicted octanol–water partition coefficient (Wildman–Crippen LogP) is 3.30. The fourth-order valence-corrected chi connectivity index (χ4v) is 1.73. The summed E-state index contributed by atoms with van der Waals surface area (Å²) in [5.74, 6) is -0.437. The number of carbonyl (C=O) groups is 1. The van der Waals surface area contributed by atoms with Gasteiger partial charge in [0.15, 0.2) is 0 Å². The first-order valence-electron chi connectivity index (χ1n) is 5.78. The summed E-state index contributed by atoms with van der Waals surface area (Å²) in [6, 6.07) is 4.40. The Labute approximate surface area is 115 Å². The van der Waals surface area contributed by atoms with Gasteiger partial charge in [0, 0.05) is 24.2 Å². The highest BCUT2D eigenvalue weighted by Gasteiger charge is 2.10. The van der Waals surface area contributed by atoms with E-state index in [9.17, 15) is 9.18 Å². The molecule has 1 aromatic rings. The minimum absolute atomic E-state index is 0.000810. The van der Waals surface area contributed by atoms with Gasteiger partial charge in [-0.2, -0.15) is 0 Å².